The molecule has 1 aromatic heterocycles. The number of amides is 4. The molecule has 12 nitrogen and oxygen atoms in total. The van der Waals surface area contributed by atoms with Gasteiger partial charge in [-0.25, -0.2) is 0 Å². The van der Waals surface area contributed by atoms with Crippen LogP contribution in [0.4, 0.5) is 0 Å². The Morgan fingerprint density at radius 1 is 0.963 bits per heavy atom. The number of likely N-dealkylation sites (N-methyl/N-ethyl adjacent to an activating group) is 2. The molecule has 2 aromatic rings. The van der Waals surface area contributed by atoms with Crippen molar-refractivity contribution in [3.8, 4) is 0 Å². The van der Waals surface area contributed by atoms with Gasteiger partial charge in [0.1, 0.15) is 6.04 Å². The SMILES string of the molecule is CC[C@H](C)[C@@H]([C@@H](CC(=O)N1CCC[C@H]1[C@H](OC)[C@@H](C)C(=O)NCCc1ccc2ncccc2c1)OC)N(C)C(=O)[C@@H](NC(=O)[C@H](C(C)C)N(C)C)C(C)C. The summed E-state index contributed by atoms with van der Waals surface area (Å²) in [6.07, 6.45) is 3.71. The van der Waals surface area contributed by atoms with Crippen LogP contribution in [-0.4, -0.2) is 128 Å². The lowest BCUT2D eigenvalue weighted by molar-refractivity contribution is -0.148. The number of carbonyl (C=O) groups is 4. The van der Waals surface area contributed by atoms with Crippen LogP contribution < -0.4 is 10.6 Å². The molecule has 0 bridgehead atoms. The number of hydrogen-bond donors (Lipinski definition) is 2. The highest BCUT2D eigenvalue weighted by Crippen LogP contribution is 2.30. The minimum atomic E-state index is -0.744. The van der Waals surface area contributed by atoms with Crippen molar-refractivity contribution < 1.29 is 28.7 Å². The van der Waals surface area contributed by atoms with Crippen LogP contribution in [0.1, 0.15) is 79.7 Å². The third kappa shape index (κ3) is 11.2. The second kappa shape index (κ2) is 20.9. The van der Waals surface area contributed by atoms with Gasteiger partial charge in [-0.1, -0.05) is 67.0 Å². The van der Waals surface area contributed by atoms with Crippen LogP contribution in [0.5, 0.6) is 0 Å². The largest absolute Gasteiger partial charge is 0.379 e. The Bertz CT molecular complexity index is 1530. The molecule has 0 aliphatic carbocycles. The molecule has 1 aromatic carbocycles. The van der Waals surface area contributed by atoms with Gasteiger partial charge in [0, 0.05) is 45.9 Å². The summed E-state index contributed by atoms with van der Waals surface area (Å²) in [6.45, 7) is 14.8. The molecule has 1 aliphatic heterocycles. The Morgan fingerprint density at radius 3 is 2.26 bits per heavy atom. The molecular formula is C42H68N6O6. The number of nitrogens with zero attached hydrogens (tertiary/aromatic N) is 4. The Kier molecular flexibility index (Phi) is 17.3. The number of ether oxygens (including phenoxy) is 2. The van der Waals surface area contributed by atoms with Gasteiger partial charge in [-0.15, -0.1) is 0 Å². The first-order chi connectivity index (χ1) is 25.6. The van der Waals surface area contributed by atoms with Crippen molar-refractivity contribution in [3.05, 3.63) is 42.1 Å². The summed E-state index contributed by atoms with van der Waals surface area (Å²) in [4.78, 5) is 65.0. The summed E-state index contributed by atoms with van der Waals surface area (Å²) < 4.78 is 12.0. The number of fused-ring (bicyclic) bond motifs is 1. The molecular weight excluding hydrogens is 684 g/mol. The van der Waals surface area contributed by atoms with Crippen molar-refractivity contribution in [1.29, 1.82) is 0 Å². The molecule has 12 heteroatoms. The van der Waals surface area contributed by atoms with Crippen LogP contribution in [0.15, 0.2) is 36.5 Å². The number of rotatable bonds is 20. The number of benzene rings is 1. The maximum absolute atomic E-state index is 14.2. The molecule has 0 unspecified atom stereocenters. The first-order valence-electron chi connectivity index (χ1n) is 19.8. The number of nitrogens with one attached hydrogen (secondary N) is 2. The van der Waals surface area contributed by atoms with Gasteiger partial charge in [0.15, 0.2) is 0 Å². The summed E-state index contributed by atoms with van der Waals surface area (Å²) in [5.41, 5.74) is 2.05. The van der Waals surface area contributed by atoms with Crippen LogP contribution in [0.3, 0.4) is 0 Å². The number of methoxy groups -OCH3 is 2. The molecule has 3 rings (SSSR count). The molecule has 0 radical (unpaired) electrons. The van der Waals surface area contributed by atoms with E-state index >= 15 is 0 Å². The lowest BCUT2D eigenvalue weighted by atomic mass is 9.89. The predicted octanol–water partition coefficient (Wildman–Crippen LogP) is 4.54. The van der Waals surface area contributed by atoms with Gasteiger partial charge in [0.25, 0.3) is 0 Å². The van der Waals surface area contributed by atoms with E-state index in [-0.39, 0.29) is 59.9 Å². The summed E-state index contributed by atoms with van der Waals surface area (Å²) in [7, 11) is 8.66. The quantitative estimate of drug-likeness (QED) is 0.202. The topological polar surface area (TPSA) is 133 Å². The Hall–Kier alpha value is -3.61. The van der Waals surface area contributed by atoms with Gasteiger partial charge in [-0.3, -0.25) is 29.1 Å². The van der Waals surface area contributed by atoms with Gasteiger partial charge in [0.2, 0.25) is 23.6 Å². The van der Waals surface area contributed by atoms with E-state index in [1.54, 1.807) is 32.4 Å². The standard InChI is InChI=1S/C42H68N6O6/c1-13-28(6)38(47(10)42(52)36(26(2)3)45-41(51)37(27(4)5)46(8)9)34(53-11)25-35(49)48-23-15-17-33(48)39(54-12)29(7)40(50)44-22-20-30-18-19-32-31(24-30)16-14-21-43-32/h14,16,18-19,21,24,26-29,33-34,36-39H,13,15,17,20,22-23,25H2,1-12H3,(H,44,50)(H,45,51)/t28-,29+,33-,34+,36-,37-,38-,39+/m0/s1. The van der Waals surface area contributed by atoms with Crippen molar-refractivity contribution in [2.75, 3.05) is 48.5 Å². The second-order valence-corrected chi connectivity index (χ2v) is 16.0. The van der Waals surface area contributed by atoms with Gasteiger partial charge < -0.3 is 29.9 Å². The zero-order chi connectivity index (χ0) is 40.3. The van der Waals surface area contributed by atoms with E-state index < -0.39 is 30.2 Å². The Balaban J connectivity index is 1.71. The predicted molar refractivity (Wildman–Crippen MR) is 214 cm³/mol. The number of aromatic nitrogens is 1. The van der Waals surface area contributed by atoms with E-state index in [1.165, 1.54) is 0 Å². The fourth-order valence-corrected chi connectivity index (χ4v) is 8.18. The molecule has 54 heavy (non-hydrogen) atoms. The van der Waals surface area contributed by atoms with E-state index in [2.05, 4.69) is 35.5 Å². The van der Waals surface area contributed by atoms with Crippen LogP contribution in [-0.2, 0) is 35.1 Å². The minimum Gasteiger partial charge on any atom is -0.379 e. The van der Waals surface area contributed by atoms with Crippen molar-refractivity contribution in [2.24, 2.45) is 23.7 Å². The third-order valence-electron chi connectivity index (χ3n) is 11.3. The van der Waals surface area contributed by atoms with Crippen LogP contribution in [0.25, 0.3) is 10.9 Å². The molecule has 0 saturated carbocycles. The number of pyridine rings is 1. The molecule has 1 fully saturated rings. The minimum absolute atomic E-state index is 0.00138. The monoisotopic (exact) mass is 753 g/mol. The van der Waals surface area contributed by atoms with E-state index in [1.807, 2.05) is 82.8 Å². The summed E-state index contributed by atoms with van der Waals surface area (Å²) in [5, 5.41) is 7.19. The second-order valence-electron chi connectivity index (χ2n) is 16.0. The zero-order valence-corrected chi connectivity index (χ0v) is 34.9. The fourth-order valence-electron chi connectivity index (χ4n) is 8.18. The summed E-state index contributed by atoms with van der Waals surface area (Å²) in [6, 6.07) is 8.24. The first kappa shape index (κ1) is 44.8. The van der Waals surface area contributed by atoms with Crippen molar-refractivity contribution in [1.82, 2.24) is 30.3 Å². The van der Waals surface area contributed by atoms with Crippen molar-refractivity contribution in [3.63, 3.8) is 0 Å². The van der Waals surface area contributed by atoms with Gasteiger partial charge in [-0.05, 0) is 74.9 Å². The molecule has 8 atom stereocenters. The molecule has 2 heterocycles. The first-order valence-corrected chi connectivity index (χ1v) is 19.8. The molecule has 1 saturated heterocycles. The molecule has 302 valence electrons. The van der Waals surface area contributed by atoms with E-state index in [4.69, 9.17) is 9.47 Å². The lowest BCUT2D eigenvalue weighted by Gasteiger charge is -2.41. The van der Waals surface area contributed by atoms with Crippen LogP contribution in [0.2, 0.25) is 0 Å². The van der Waals surface area contributed by atoms with E-state index in [0.717, 1.165) is 35.7 Å². The van der Waals surface area contributed by atoms with Crippen molar-refractivity contribution >= 4 is 34.5 Å². The molecule has 1 aliphatic rings. The van der Waals surface area contributed by atoms with Gasteiger partial charge >= 0.3 is 0 Å². The van der Waals surface area contributed by atoms with Gasteiger partial charge in [0.05, 0.1) is 48.2 Å². The number of likely N-dealkylation sites (tertiary alicyclic amines) is 1. The zero-order valence-electron chi connectivity index (χ0n) is 34.9. The maximum atomic E-state index is 14.2. The van der Waals surface area contributed by atoms with Crippen LogP contribution in [0, 0.1) is 23.7 Å². The Morgan fingerprint density at radius 2 is 1.67 bits per heavy atom. The molecule has 4 amide bonds. The van der Waals surface area contributed by atoms with Crippen molar-refractivity contribution in [2.45, 2.75) is 117 Å². The van der Waals surface area contributed by atoms with E-state index in [9.17, 15) is 19.2 Å². The maximum Gasteiger partial charge on any atom is 0.245 e. The smallest absolute Gasteiger partial charge is 0.245 e. The Labute approximate surface area is 324 Å². The third-order valence-corrected chi connectivity index (χ3v) is 11.3. The molecule has 0 spiro atoms. The number of carbonyl (C=O) groups excluding carboxylic acids is 4. The van der Waals surface area contributed by atoms with E-state index in [0.29, 0.717) is 19.5 Å². The van der Waals surface area contributed by atoms with Gasteiger partial charge in [-0.2, -0.15) is 0 Å². The van der Waals surface area contributed by atoms with Crippen LogP contribution >= 0.6 is 0 Å². The highest BCUT2D eigenvalue weighted by Gasteiger charge is 2.43. The average Bonchev–Trinajstić information content (AvgIpc) is 3.62. The molecule has 2 N–H and O–H groups in total. The number of hydrogen-bond acceptors (Lipinski definition) is 8. The normalized spacial score (nSPS) is 18.6. The fraction of sp³-hybridized carbons (Fsp3) is 0.690. The summed E-state index contributed by atoms with van der Waals surface area (Å²) in [5.74, 6) is -1.21. The highest BCUT2D eigenvalue weighted by molar-refractivity contribution is 5.90. The average molecular weight is 753 g/mol. The lowest BCUT2D eigenvalue weighted by Crippen LogP contribution is -2.59. The summed E-state index contributed by atoms with van der Waals surface area (Å²) >= 11 is 0. The highest BCUT2D eigenvalue weighted by atomic mass is 16.5.